The van der Waals surface area contributed by atoms with Gasteiger partial charge >= 0.3 is 0 Å². The Bertz CT molecular complexity index is 714. The molecular weight excluding hydrogens is 370 g/mol. The van der Waals surface area contributed by atoms with Crippen molar-refractivity contribution in [1.29, 1.82) is 0 Å². The van der Waals surface area contributed by atoms with Gasteiger partial charge in [0.1, 0.15) is 12.6 Å². The van der Waals surface area contributed by atoms with E-state index in [0.717, 1.165) is 24.5 Å². The van der Waals surface area contributed by atoms with Crippen LogP contribution in [0.25, 0.3) is 0 Å². The van der Waals surface area contributed by atoms with E-state index in [0.29, 0.717) is 13.2 Å². The van der Waals surface area contributed by atoms with Crippen LogP contribution in [0.2, 0.25) is 0 Å². The highest BCUT2D eigenvalue weighted by Gasteiger charge is 2.19. The third-order valence-electron chi connectivity index (χ3n) is 5.64. The van der Waals surface area contributed by atoms with E-state index in [9.17, 15) is 0 Å². The molecule has 3 rings (SSSR count). The van der Waals surface area contributed by atoms with Crippen molar-refractivity contribution in [3.8, 4) is 0 Å². The van der Waals surface area contributed by atoms with E-state index in [1.54, 1.807) is 0 Å². The average molecular weight is 408 g/mol. The quantitative estimate of drug-likeness (QED) is 0.311. The van der Waals surface area contributed by atoms with E-state index in [-0.39, 0.29) is 6.04 Å². The van der Waals surface area contributed by atoms with E-state index >= 15 is 0 Å². The van der Waals surface area contributed by atoms with Gasteiger partial charge in [-0.1, -0.05) is 93.5 Å². The summed E-state index contributed by atoms with van der Waals surface area (Å²) in [6.45, 7) is 2.14. The third kappa shape index (κ3) is 8.71. The maximum Gasteiger partial charge on any atom is 0.216 e. The lowest BCUT2D eigenvalue weighted by atomic mass is 10.0. The molecule has 1 atom stereocenters. The van der Waals surface area contributed by atoms with Crippen molar-refractivity contribution in [1.82, 2.24) is 0 Å². The van der Waals surface area contributed by atoms with Crippen LogP contribution in [0.5, 0.6) is 0 Å². The Labute approximate surface area is 182 Å². The number of rotatable bonds is 15. The molecule has 0 aromatic heterocycles. The smallest absolute Gasteiger partial charge is 0.216 e. The first-order chi connectivity index (χ1) is 14.9. The Balaban J connectivity index is 1.09. The predicted octanol–water partition coefficient (Wildman–Crippen LogP) is 6.60. The van der Waals surface area contributed by atoms with Crippen LogP contribution in [0.15, 0.2) is 65.7 Å². The fourth-order valence-corrected chi connectivity index (χ4v) is 3.87. The monoisotopic (exact) mass is 407 g/mol. The molecule has 0 saturated carbocycles. The molecule has 162 valence electrons. The van der Waals surface area contributed by atoms with Gasteiger partial charge in [0, 0.05) is 12.2 Å². The van der Waals surface area contributed by atoms with Crippen molar-refractivity contribution in [3.63, 3.8) is 0 Å². The number of aliphatic imine (C=N–C) groups is 1. The van der Waals surface area contributed by atoms with Crippen LogP contribution >= 0.6 is 0 Å². The summed E-state index contributed by atoms with van der Waals surface area (Å²) in [5, 5.41) is 0. The Hall–Kier alpha value is -2.13. The lowest BCUT2D eigenvalue weighted by Gasteiger charge is -2.07. The summed E-state index contributed by atoms with van der Waals surface area (Å²) >= 11 is 0. The lowest BCUT2D eigenvalue weighted by molar-refractivity contribution is 0.109. The minimum Gasteiger partial charge on any atom is -0.475 e. The molecule has 0 N–H and O–H groups in total. The molecule has 1 heterocycles. The van der Waals surface area contributed by atoms with Crippen molar-refractivity contribution in [2.24, 2.45) is 4.99 Å². The second-order valence-electron chi connectivity index (χ2n) is 8.26. The van der Waals surface area contributed by atoms with Crippen molar-refractivity contribution in [2.75, 3.05) is 19.8 Å². The van der Waals surface area contributed by atoms with E-state index in [1.165, 1.54) is 63.4 Å². The van der Waals surface area contributed by atoms with E-state index in [4.69, 9.17) is 9.47 Å². The fraction of sp³-hybridized carbons (Fsp3) is 0.519. The lowest BCUT2D eigenvalue weighted by Crippen LogP contribution is -2.15. The third-order valence-corrected chi connectivity index (χ3v) is 5.64. The molecular formula is C27H37NO2. The van der Waals surface area contributed by atoms with Gasteiger partial charge in [0.15, 0.2) is 0 Å². The molecule has 3 nitrogen and oxygen atoms in total. The number of aryl methyl sites for hydroxylation is 1. The number of hydrogen-bond donors (Lipinski definition) is 0. The van der Waals surface area contributed by atoms with Gasteiger partial charge in [-0.2, -0.15) is 0 Å². The zero-order valence-electron chi connectivity index (χ0n) is 18.3. The Morgan fingerprint density at radius 3 is 2.03 bits per heavy atom. The highest BCUT2D eigenvalue weighted by molar-refractivity contribution is 5.95. The summed E-state index contributed by atoms with van der Waals surface area (Å²) in [5.74, 6) is 0.754. The average Bonchev–Trinajstić information content (AvgIpc) is 3.27. The maximum atomic E-state index is 5.82. The molecule has 0 radical (unpaired) electrons. The number of hydrogen-bond acceptors (Lipinski definition) is 3. The first kappa shape index (κ1) is 22.6. The molecule has 0 bridgehead atoms. The van der Waals surface area contributed by atoms with E-state index in [1.807, 2.05) is 30.3 Å². The molecule has 2 aromatic carbocycles. The number of unbranched alkanes of at least 4 members (excludes halogenated alkanes) is 8. The Kier molecular flexibility index (Phi) is 10.5. The predicted molar refractivity (Wildman–Crippen MR) is 125 cm³/mol. The molecule has 0 aliphatic carbocycles. The Morgan fingerprint density at radius 2 is 1.33 bits per heavy atom. The minimum atomic E-state index is 0.141. The van der Waals surface area contributed by atoms with E-state index in [2.05, 4.69) is 35.3 Å². The van der Waals surface area contributed by atoms with Crippen molar-refractivity contribution < 1.29 is 9.47 Å². The van der Waals surface area contributed by atoms with Crippen molar-refractivity contribution in [3.05, 3.63) is 71.8 Å². The van der Waals surface area contributed by atoms with Crippen LogP contribution in [0.1, 0.15) is 68.9 Å². The molecule has 1 aliphatic rings. The number of benzene rings is 2. The van der Waals surface area contributed by atoms with Gasteiger partial charge in [0.2, 0.25) is 5.90 Å². The maximum absolute atomic E-state index is 5.82. The minimum absolute atomic E-state index is 0.141. The second kappa shape index (κ2) is 14.0. The van der Waals surface area contributed by atoms with Crippen LogP contribution < -0.4 is 0 Å². The summed E-state index contributed by atoms with van der Waals surface area (Å²) in [4.78, 5) is 4.63. The molecule has 0 spiro atoms. The summed E-state index contributed by atoms with van der Waals surface area (Å²) in [6, 6.07) is 21.1. The van der Waals surface area contributed by atoms with Gasteiger partial charge in [0.05, 0.1) is 6.61 Å². The summed E-state index contributed by atoms with van der Waals surface area (Å²) in [5.41, 5.74) is 2.53. The van der Waals surface area contributed by atoms with Crippen LogP contribution in [0, 0.1) is 0 Å². The molecule has 30 heavy (non-hydrogen) atoms. The highest BCUT2D eigenvalue weighted by Crippen LogP contribution is 2.14. The van der Waals surface area contributed by atoms with Crippen LogP contribution in [0.3, 0.4) is 0 Å². The molecule has 0 unspecified atom stereocenters. The molecule has 0 saturated heterocycles. The molecule has 0 fully saturated rings. The van der Waals surface area contributed by atoms with E-state index < -0.39 is 0 Å². The first-order valence-electron chi connectivity index (χ1n) is 11.8. The van der Waals surface area contributed by atoms with Gasteiger partial charge in [0.25, 0.3) is 0 Å². The summed E-state index contributed by atoms with van der Waals surface area (Å²) < 4.78 is 11.5. The zero-order valence-corrected chi connectivity index (χ0v) is 18.3. The standard InChI is InChI=1S/C27H37NO2/c1(2-4-6-10-16-24-17-11-8-12-18-24)3-5-7-15-21-29-22-26-23-30-27(28-26)25-19-13-9-14-20-25/h8-9,11-14,17-20,26H,1-7,10,15-16,21-23H2/t26-/m1/s1. The normalized spacial score (nSPS) is 15.7. The van der Waals surface area contributed by atoms with Crippen LogP contribution in [0.4, 0.5) is 0 Å². The molecule has 3 heteroatoms. The number of ether oxygens (including phenoxy) is 2. The van der Waals surface area contributed by atoms with Crippen molar-refractivity contribution in [2.45, 2.75) is 70.3 Å². The number of nitrogens with zero attached hydrogens (tertiary/aromatic N) is 1. The van der Waals surface area contributed by atoms with Gasteiger partial charge in [-0.25, -0.2) is 4.99 Å². The Morgan fingerprint density at radius 1 is 0.733 bits per heavy atom. The van der Waals surface area contributed by atoms with Gasteiger partial charge in [-0.15, -0.1) is 0 Å². The van der Waals surface area contributed by atoms with Crippen LogP contribution in [-0.2, 0) is 15.9 Å². The largest absolute Gasteiger partial charge is 0.475 e. The van der Waals surface area contributed by atoms with Gasteiger partial charge in [-0.05, 0) is 37.0 Å². The van der Waals surface area contributed by atoms with Crippen LogP contribution in [-0.4, -0.2) is 31.8 Å². The molecule has 2 aromatic rings. The first-order valence-corrected chi connectivity index (χ1v) is 11.8. The molecule has 1 aliphatic heterocycles. The fourth-order valence-electron chi connectivity index (χ4n) is 3.87. The SMILES string of the molecule is c1ccc(CCCCCCCCCCCOC[C@@H]2COC(c3ccccc3)=N2)cc1. The topological polar surface area (TPSA) is 30.8 Å². The summed E-state index contributed by atoms with van der Waals surface area (Å²) in [7, 11) is 0. The second-order valence-corrected chi connectivity index (χ2v) is 8.26. The summed E-state index contributed by atoms with van der Waals surface area (Å²) in [6.07, 6.45) is 13.2. The zero-order chi connectivity index (χ0) is 20.7. The van der Waals surface area contributed by atoms with Gasteiger partial charge < -0.3 is 9.47 Å². The van der Waals surface area contributed by atoms with Crippen molar-refractivity contribution >= 4 is 5.90 Å². The highest BCUT2D eigenvalue weighted by atomic mass is 16.5. The molecule has 0 amide bonds. The van der Waals surface area contributed by atoms with Gasteiger partial charge in [-0.3, -0.25) is 0 Å².